The van der Waals surface area contributed by atoms with Crippen LogP contribution in [0.2, 0.25) is 5.02 Å². The molecular weight excluding hydrogens is 460 g/mol. The fourth-order valence-electron chi connectivity index (χ4n) is 3.93. The van der Waals surface area contributed by atoms with Crippen molar-refractivity contribution in [2.75, 3.05) is 11.6 Å². The maximum Gasteiger partial charge on any atom is 0.280 e. The van der Waals surface area contributed by atoms with Crippen LogP contribution in [0.3, 0.4) is 0 Å². The van der Waals surface area contributed by atoms with Gasteiger partial charge in [-0.2, -0.15) is 15.2 Å². The largest absolute Gasteiger partial charge is 0.492 e. The average molecular weight is 483 g/mol. The zero-order valence-corrected chi connectivity index (χ0v) is 20.1. The predicted molar refractivity (Wildman–Crippen MR) is 140 cm³/mol. The van der Waals surface area contributed by atoms with Crippen LogP contribution in [-0.4, -0.2) is 28.0 Å². The van der Waals surface area contributed by atoms with E-state index in [0.717, 1.165) is 22.5 Å². The van der Waals surface area contributed by atoms with Crippen molar-refractivity contribution in [1.29, 1.82) is 0 Å². The van der Waals surface area contributed by atoms with Gasteiger partial charge in [0.05, 0.1) is 34.3 Å². The number of hydrogen-bond donors (Lipinski definition) is 0. The number of hydrogen-bond acceptors (Lipinski definition) is 4. The molecule has 0 bridgehead atoms. The molecule has 2 heterocycles. The third-order valence-electron chi connectivity index (χ3n) is 5.63. The number of anilines is 1. The van der Waals surface area contributed by atoms with Crippen molar-refractivity contribution in [2.45, 2.75) is 13.8 Å². The minimum atomic E-state index is -0.183. The minimum Gasteiger partial charge on any atom is -0.492 e. The van der Waals surface area contributed by atoms with Crippen molar-refractivity contribution in [3.05, 3.63) is 101 Å². The van der Waals surface area contributed by atoms with E-state index in [0.29, 0.717) is 34.4 Å². The normalized spacial score (nSPS) is 14.5. The number of carbonyl (C=O) groups excluding carboxylic acids is 1. The van der Waals surface area contributed by atoms with Crippen LogP contribution in [0.5, 0.6) is 5.75 Å². The molecule has 0 radical (unpaired) electrons. The number of ether oxygens (including phenoxy) is 1. The molecule has 1 aliphatic heterocycles. The van der Waals surface area contributed by atoms with Crippen molar-refractivity contribution in [3.63, 3.8) is 0 Å². The Morgan fingerprint density at radius 1 is 0.971 bits per heavy atom. The summed E-state index contributed by atoms with van der Waals surface area (Å²) in [5, 5.41) is 11.3. The molecule has 1 aliphatic rings. The van der Waals surface area contributed by atoms with E-state index in [1.54, 1.807) is 4.68 Å². The fraction of sp³-hybridized carbons (Fsp3) is 0.107. The van der Waals surface area contributed by atoms with Gasteiger partial charge in [-0.1, -0.05) is 48.0 Å². The van der Waals surface area contributed by atoms with E-state index in [9.17, 15) is 4.79 Å². The van der Waals surface area contributed by atoms with Gasteiger partial charge in [0, 0.05) is 17.3 Å². The monoisotopic (exact) mass is 482 g/mol. The first-order valence-corrected chi connectivity index (χ1v) is 11.7. The highest BCUT2D eigenvalue weighted by Crippen LogP contribution is 2.33. The second-order valence-electron chi connectivity index (χ2n) is 7.99. The van der Waals surface area contributed by atoms with E-state index in [1.165, 1.54) is 5.01 Å². The Hall–Kier alpha value is -4.16. The van der Waals surface area contributed by atoms with Gasteiger partial charge in [0.2, 0.25) is 0 Å². The smallest absolute Gasteiger partial charge is 0.280 e. The lowest BCUT2D eigenvalue weighted by atomic mass is 10.0. The molecule has 6 nitrogen and oxygen atoms in total. The zero-order valence-electron chi connectivity index (χ0n) is 19.4. The molecule has 0 aliphatic carbocycles. The highest BCUT2D eigenvalue weighted by Gasteiger charge is 2.29. The SMILES string of the molecule is CCOc1ccc(-c2nn(-c3ccccc3)cc2/C=C2\C(=O)N(c3ccccc3)N=C2C)cc1Cl. The van der Waals surface area contributed by atoms with E-state index in [-0.39, 0.29) is 5.91 Å². The molecule has 1 aromatic heterocycles. The first kappa shape index (κ1) is 22.6. The van der Waals surface area contributed by atoms with Gasteiger partial charge < -0.3 is 4.74 Å². The van der Waals surface area contributed by atoms with Crippen molar-refractivity contribution >= 4 is 35.0 Å². The molecule has 5 rings (SSSR count). The molecule has 0 atom stereocenters. The van der Waals surface area contributed by atoms with Crippen molar-refractivity contribution in [2.24, 2.45) is 5.10 Å². The Labute approximate surface area is 208 Å². The van der Waals surface area contributed by atoms with Crippen molar-refractivity contribution in [1.82, 2.24) is 9.78 Å². The lowest BCUT2D eigenvalue weighted by molar-refractivity contribution is -0.114. The predicted octanol–water partition coefficient (Wildman–Crippen LogP) is 6.40. The third-order valence-corrected chi connectivity index (χ3v) is 5.93. The van der Waals surface area contributed by atoms with Gasteiger partial charge in [0.25, 0.3) is 5.91 Å². The summed E-state index contributed by atoms with van der Waals surface area (Å²) >= 11 is 6.48. The van der Waals surface area contributed by atoms with Crippen LogP contribution in [0, 0.1) is 0 Å². The fourth-order valence-corrected chi connectivity index (χ4v) is 4.17. The molecule has 0 saturated carbocycles. The van der Waals surface area contributed by atoms with Crippen LogP contribution < -0.4 is 9.75 Å². The van der Waals surface area contributed by atoms with Gasteiger partial charge in [-0.15, -0.1) is 0 Å². The number of carbonyl (C=O) groups is 1. The van der Waals surface area contributed by atoms with E-state index in [1.807, 2.05) is 105 Å². The van der Waals surface area contributed by atoms with Crippen molar-refractivity contribution < 1.29 is 9.53 Å². The van der Waals surface area contributed by atoms with E-state index >= 15 is 0 Å². The maximum absolute atomic E-state index is 13.3. The number of amides is 1. The second-order valence-corrected chi connectivity index (χ2v) is 8.39. The Balaban J connectivity index is 1.60. The first-order chi connectivity index (χ1) is 17.0. The number of aromatic nitrogens is 2. The summed E-state index contributed by atoms with van der Waals surface area (Å²) < 4.78 is 7.39. The molecule has 174 valence electrons. The maximum atomic E-state index is 13.3. The molecule has 0 N–H and O–H groups in total. The minimum absolute atomic E-state index is 0.183. The topological polar surface area (TPSA) is 59.7 Å². The number of hydrazone groups is 1. The number of halogens is 1. The lowest BCUT2D eigenvalue weighted by Crippen LogP contribution is -2.21. The van der Waals surface area contributed by atoms with Gasteiger partial charge >= 0.3 is 0 Å². The van der Waals surface area contributed by atoms with Crippen LogP contribution in [0.15, 0.2) is 95.7 Å². The Morgan fingerprint density at radius 2 is 1.66 bits per heavy atom. The molecule has 0 spiro atoms. The molecular formula is C28H23ClN4O2. The third kappa shape index (κ3) is 4.48. The van der Waals surface area contributed by atoms with Gasteiger partial charge in [0.1, 0.15) is 11.4 Å². The highest BCUT2D eigenvalue weighted by molar-refractivity contribution is 6.33. The molecule has 0 unspecified atom stereocenters. The van der Waals surface area contributed by atoms with E-state index in [4.69, 9.17) is 21.4 Å². The summed E-state index contributed by atoms with van der Waals surface area (Å²) in [6.07, 6.45) is 3.75. The summed E-state index contributed by atoms with van der Waals surface area (Å²) in [5.74, 6) is 0.435. The second kappa shape index (κ2) is 9.60. The summed E-state index contributed by atoms with van der Waals surface area (Å²) in [6.45, 7) is 4.27. The van der Waals surface area contributed by atoms with Crippen LogP contribution in [0.4, 0.5) is 5.69 Å². The number of nitrogens with zero attached hydrogens (tertiary/aromatic N) is 4. The van der Waals surface area contributed by atoms with Gasteiger partial charge in [-0.05, 0) is 62.4 Å². The van der Waals surface area contributed by atoms with E-state index < -0.39 is 0 Å². The zero-order chi connectivity index (χ0) is 24.4. The Kier molecular flexibility index (Phi) is 6.21. The molecule has 1 amide bonds. The summed E-state index contributed by atoms with van der Waals surface area (Å²) in [5.41, 5.74) is 5.08. The summed E-state index contributed by atoms with van der Waals surface area (Å²) in [4.78, 5) is 13.3. The van der Waals surface area contributed by atoms with Gasteiger partial charge in [-0.25, -0.2) is 4.68 Å². The summed E-state index contributed by atoms with van der Waals surface area (Å²) in [7, 11) is 0. The van der Waals surface area contributed by atoms with Crippen molar-refractivity contribution in [3.8, 4) is 22.7 Å². The number of benzene rings is 3. The molecule has 35 heavy (non-hydrogen) atoms. The Bertz CT molecular complexity index is 1440. The van der Waals surface area contributed by atoms with Crippen LogP contribution in [0.25, 0.3) is 23.0 Å². The molecule has 3 aromatic carbocycles. The van der Waals surface area contributed by atoms with Crippen LogP contribution in [-0.2, 0) is 4.79 Å². The summed E-state index contributed by atoms with van der Waals surface area (Å²) in [6, 6.07) is 24.8. The van der Waals surface area contributed by atoms with Crippen LogP contribution >= 0.6 is 11.6 Å². The number of para-hydroxylation sites is 2. The quantitative estimate of drug-likeness (QED) is 0.299. The van der Waals surface area contributed by atoms with Gasteiger partial charge in [-0.3, -0.25) is 4.79 Å². The van der Waals surface area contributed by atoms with Gasteiger partial charge in [0.15, 0.2) is 0 Å². The molecule has 4 aromatic rings. The first-order valence-electron chi connectivity index (χ1n) is 11.3. The standard InChI is InChI=1S/C28H23ClN4O2/c1-3-35-26-15-14-20(17-25(26)29)27-21(18-32(31-27)22-10-6-4-7-11-22)16-24-19(2)30-33(28(24)34)23-12-8-5-9-13-23/h4-18H,3H2,1-2H3/b24-16-. The van der Waals surface area contributed by atoms with Crippen LogP contribution in [0.1, 0.15) is 19.4 Å². The Morgan fingerprint density at radius 3 is 2.31 bits per heavy atom. The van der Waals surface area contributed by atoms with E-state index in [2.05, 4.69) is 5.10 Å². The average Bonchev–Trinajstić information content (AvgIpc) is 3.43. The molecule has 0 saturated heterocycles. The highest BCUT2D eigenvalue weighted by atomic mass is 35.5. The molecule has 0 fully saturated rings. The lowest BCUT2D eigenvalue weighted by Gasteiger charge is -2.11. The number of rotatable bonds is 6. The molecule has 7 heteroatoms.